The Labute approximate surface area is 203 Å². The Hall–Kier alpha value is -2.77. The second-order valence-corrected chi connectivity index (χ2v) is 9.12. The number of hydrogen-bond acceptors (Lipinski definition) is 6. The van der Waals surface area contributed by atoms with E-state index in [1.54, 1.807) is 37.7 Å². The fourth-order valence-electron chi connectivity index (χ4n) is 3.71. The van der Waals surface area contributed by atoms with Crippen LogP contribution >= 0.6 is 23.5 Å². The van der Waals surface area contributed by atoms with Crippen LogP contribution in [0, 0.1) is 5.82 Å². The van der Waals surface area contributed by atoms with E-state index >= 15 is 0 Å². The molecule has 172 valence electrons. The van der Waals surface area contributed by atoms with Gasteiger partial charge in [-0.2, -0.15) is 0 Å². The summed E-state index contributed by atoms with van der Waals surface area (Å²) >= 11 is 7.41. The van der Waals surface area contributed by atoms with Gasteiger partial charge < -0.3 is 14.8 Å². The van der Waals surface area contributed by atoms with Gasteiger partial charge in [-0.25, -0.2) is 14.4 Å². The maximum absolute atomic E-state index is 14.7. The predicted octanol–water partition coefficient (Wildman–Crippen LogP) is 7.31. The van der Waals surface area contributed by atoms with Crippen LogP contribution in [0.25, 0.3) is 12.2 Å². The molecule has 8 heteroatoms. The summed E-state index contributed by atoms with van der Waals surface area (Å²) in [5.41, 5.74) is 1.76. The molecule has 0 radical (unpaired) electrons. The normalized spacial score (nSPS) is 14.4. The highest BCUT2D eigenvalue weighted by atomic mass is 35.5. The van der Waals surface area contributed by atoms with E-state index in [4.69, 9.17) is 16.3 Å². The smallest absolute Gasteiger partial charge is 0.222 e. The molecule has 4 rings (SSSR count). The average Bonchev–Trinajstić information content (AvgIpc) is 2.84. The number of ether oxygens (including phenoxy) is 1. The van der Waals surface area contributed by atoms with Crippen molar-refractivity contribution in [1.82, 2.24) is 9.97 Å². The lowest BCUT2D eigenvalue weighted by atomic mass is 9.96. The number of hydrogen-bond donors (Lipinski definition) is 2. The zero-order chi connectivity index (χ0) is 23.0. The largest absolute Gasteiger partial charge is 0.496 e. The molecule has 1 fully saturated rings. The van der Waals surface area contributed by atoms with Crippen LogP contribution in [0.15, 0.2) is 53.7 Å². The molecule has 0 saturated heterocycles. The highest BCUT2D eigenvalue weighted by Gasteiger charge is 2.14. The Morgan fingerprint density at radius 3 is 2.58 bits per heavy atom. The maximum atomic E-state index is 14.7. The van der Waals surface area contributed by atoms with Gasteiger partial charge in [0.25, 0.3) is 0 Å². The number of nitrogens with zero attached hydrogens (tertiary/aromatic N) is 2. The lowest BCUT2D eigenvalue weighted by Crippen LogP contribution is -2.23. The van der Waals surface area contributed by atoms with Crippen LogP contribution in [0.3, 0.4) is 0 Å². The quantitative estimate of drug-likeness (QED) is 0.327. The molecule has 1 aliphatic carbocycles. The first kappa shape index (κ1) is 23.4. The van der Waals surface area contributed by atoms with Crippen molar-refractivity contribution < 1.29 is 9.13 Å². The molecule has 0 atom stereocenters. The van der Waals surface area contributed by atoms with E-state index in [1.165, 1.54) is 37.3 Å². The van der Waals surface area contributed by atoms with Crippen LogP contribution in [0.2, 0.25) is 5.02 Å². The monoisotopic (exact) mass is 484 g/mol. The Kier molecular flexibility index (Phi) is 8.07. The molecule has 33 heavy (non-hydrogen) atoms. The average molecular weight is 485 g/mol. The minimum absolute atomic E-state index is 0.315. The first-order valence-corrected chi connectivity index (χ1v) is 12.1. The molecule has 0 spiro atoms. The van der Waals surface area contributed by atoms with Gasteiger partial charge in [-0.3, -0.25) is 0 Å². The summed E-state index contributed by atoms with van der Waals surface area (Å²) in [5.74, 6) is 0.804. The summed E-state index contributed by atoms with van der Waals surface area (Å²) < 4.78 is 23.2. The summed E-state index contributed by atoms with van der Waals surface area (Å²) in [4.78, 5) is 9.64. The molecule has 5 nitrogen and oxygen atoms in total. The second-order valence-electron chi connectivity index (χ2n) is 7.86. The third-order valence-corrected chi connectivity index (χ3v) is 6.83. The van der Waals surface area contributed by atoms with Crippen LogP contribution in [-0.2, 0) is 0 Å². The van der Waals surface area contributed by atoms with E-state index in [-0.39, 0.29) is 0 Å². The van der Waals surface area contributed by atoms with Crippen molar-refractivity contribution in [1.29, 1.82) is 0 Å². The zero-order valence-corrected chi connectivity index (χ0v) is 19.9. The minimum Gasteiger partial charge on any atom is -0.496 e. The molecule has 1 saturated carbocycles. The highest BCUT2D eigenvalue weighted by molar-refractivity contribution is 8.00. The van der Waals surface area contributed by atoms with E-state index in [0.29, 0.717) is 34.0 Å². The van der Waals surface area contributed by atoms with Gasteiger partial charge in [-0.1, -0.05) is 55.1 Å². The van der Waals surface area contributed by atoms with Crippen molar-refractivity contribution in [3.63, 3.8) is 0 Å². The zero-order valence-electron chi connectivity index (χ0n) is 18.4. The van der Waals surface area contributed by atoms with E-state index in [2.05, 4.69) is 20.0 Å². The van der Waals surface area contributed by atoms with Gasteiger partial charge in [0, 0.05) is 40.5 Å². The van der Waals surface area contributed by atoms with Crippen molar-refractivity contribution in [3.8, 4) is 5.75 Å². The third-order valence-electron chi connectivity index (χ3n) is 5.49. The minimum atomic E-state index is -0.390. The molecule has 1 aliphatic rings. The lowest BCUT2D eigenvalue weighted by Gasteiger charge is -2.22. The first-order chi connectivity index (χ1) is 16.1. The van der Waals surface area contributed by atoms with Crippen LogP contribution < -0.4 is 14.8 Å². The standard InChI is InChI=1S/C25H26ClFN4OS/c1-32-23-14-22(31-33-24-10-6-5-9-20(24)26)21(27)13-18(23)12-11-17-15-28-25(29-16-17)30-19-7-3-2-4-8-19/h5-6,9-16,19,31H,2-4,7-8H2,1H3,(H,28,29,30)/b12-11+. The molecule has 0 amide bonds. The van der Waals surface area contributed by atoms with Gasteiger partial charge in [0.1, 0.15) is 11.6 Å². The molecule has 0 aliphatic heterocycles. The fourth-order valence-corrected chi connectivity index (χ4v) is 4.65. The van der Waals surface area contributed by atoms with Crippen LogP contribution in [0.1, 0.15) is 43.2 Å². The second kappa shape index (κ2) is 11.4. The number of nitrogens with one attached hydrogen (secondary N) is 2. The van der Waals surface area contributed by atoms with Crippen molar-refractivity contribution in [2.45, 2.75) is 43.0 Å². The molecule has 3 aromatic rings. The van der Waals surface area contributed by atoms with Crippen LogP contribution in [0.5, 0.6) is 5.75 Å². The van der Waals surface area contributed by atoms with E-state index in [1.807, 2.05) is 24.3 Å². The first-order valence-electron chi connectivity index (χ1n) is 10.9. The molecular formula is C25H26ClFN4OS. The Bertz CT molecular complexity index is 1100. The Morgan fingerprint density at radius 1 is 1.09 bits per heavy atom. The summed E-state index contributed by atoms with van der Waals surface area (Å²) in [6.07, 6.45) is 13.3. The number of anilines is 2. The summed E-state index contributed by atoms with van der Waals surface area (Å²) in [6, 6.07) is 10.9. The van der Waals surface area contributed by atoms with E-state index in [0.717, 1.165) is 23.3 Å². The van der Waals surface area contributed by atoms with Gasteiger partial charge in [-0.15, -0.1) is 0 Å². The molecule has 0 bridgehead atoms. The molecule has 1 aromatic heterocycles. The predicted molar refractivity (Wildman–Crippen MR) is 135 cm³/mol. The Balaban J connectivity index is 1.42. The van der Waals surface area contributed by atoms with Crippen LogP contribution in [-0.4, -0.2) is 23.1 Å². The Morgan fingerprint density at radius 2 is 1.85 bits per heavy atom. The van der Waals surface area contributed by atoms with Crippen molar-refractivity contribution in [2.24, 2.45) is 0 Å². The van der Waals surface area contributed by atoms with Crippen molar-refractivity contribution >= 4 is 47.3 Å². The number of benzene rings is 2. The SMILES string of the molecule is COc1cc(NSc2ccccc2Cl)c(F)cc1/C=C/c1cnc(NC2CCCCC2)nc1. The van der Waals surface area contributed by atoms with Gasteiger partial charge in [0.05, 0.1) is 17.8 Å². The van der Waals surface area contributed by atoms with Gasteiger partial charge in [-0.05, 0) is 43.0 Å². The molecule has 2 aromatic carbocycles. The summed E-state index contributed by atoms with van der Waals surface area (Å²) in [6.45, 7) is 0. The molecule has 1 heterocycles. The molecule has 2 N–H and O–H groups in total. The third kappa shape index (κ3) is 6.39. The number of rotatable bonds is 8. The summed E-state index contributed by atoms with van der Waals surface area (Å²) in [5, 5.41) is 4.01. The number of halogens is 2. The van der Waals surface area contributed by atoms with Gasteiger partial charge in [0.15, 0.2) is 0 Å². The highest BCUT2D eigenvalue weighted by Crippen LogP contribution is 2.33. The van der Waals surface area contributed by atoms with Crippen molar-refractivity contribution in [2.75, 3.05) is 17.1 Å². The number of methoxy groups -OCH3 is 1. The fraction of sp³-hybridized carbons (Fsp3) is 0.280. The van der Waals surface area contributed by atoms with Crippen LogP contribution in [0.4, 0.5) is 16.0 Å². The lowest BCUT2D eigenvalue weighted by molar-refractivity contribution is 0.413. The van der Waals surface area contributed by atoms with Gasteiger partial charge >= 0.3 is 0 Å². The molecule has 0 unspecified atom stereocenters. The van der Waals surface area contributed by atoms with E-state index in [9.17, 15) is 4.39 Å². The van der Waals surface area contributed by atoms with Gasteiger partial charge in [0.2, 0.25) is 5.95 Å². The van der Waals surface area contributed by atoms with E-state index < -0.39 is 5.82 Å². The maximum Gasteiger partial charge on any atom is 0.222 e. The topological polar surface area (TPSA) is 59.1 Å². The molecular weight excluding hydrogens is 459 g/mol. The number of aromatic nitrogens is 2. The summed E-state index contributed by atoms with van der Waals surface area (Å²) in [7, 11) is 1.56. The van der Waals surface area contributed by atoms with Crippen molar-refractivity contribution in [3.05, 3.63) is 70.8 Å².